The Kier molecular flexibility index (Phi) is 3.58. The molecule has 1 aromatic heterocycles. The zero-order chi connectivity index (χ0) is 14.8. The predicted octanol–water partition coefficient (Wildman–Crippen LogP) is 3.58. The number of hydrogen-bond acceptors (Lipinski definition) is 4. The van der Waals surface area contributed by atoms with Crippen LogP contribution in [0.25, 0.3) is 10.2 Å². The molecule has 1 amide bonds. The molecule has 0 aliphatic carbocycles. The van der Waals surface area contributed by atoms with Gasteiger partial charge in [-0.2, -0.15) is 0 Å². The maximum Gasteiger partial charge on any atom is 0.258 e. The first kappa shape index (κ1) is 13.6. The predicted molar refractivity (Wildman–Crippen MR) is 85.3 cm³/mol. The number of aromatic nitrogens is 1. The van der Waals surface area contributed by atoms with Crippen molar-refractivity contribution in [2.45, 2.75) is 0 Å². The van der Waals surface area contributed by atoms with Crippen LogP contribution in [0.2, 0.25) is 0 Å². The number of carbonyl (C=O) groups excluding carboxylic acids is 1. The molecule has 3 aromatic rings. The average molecular weight is 298 g/mol. The molecule has 0 unspecified atom stereocenters. The Morgan fingerprint density at radius 3 is 2.86 bits per heavy atom. The molecule has 5 heteroatoms. The number of ether oxygens (including phenoxy) is 1. The standard InChI is InChI=1S/C16H14N2O2S/c1-18(13-5-3-4-6-14(13)20-2)16(19)11-7-8-12-15(9-11)21-10-17-12/h3-10H,1-2H3. The Morgan fingerprint density at radius 2 is 2.05 bits per heavy atom. The summed E-state index contributed by atoms with van der Waals surface area (Å²) in [4.78, 5) is 18.5. The topological polar surface area (TPSA) is 42.4 Å². The molecule has 0 aliphatic heterocycles. The molecular weight excluding hydrogens is 284 g/mol. The molecule has 1 heterocycles. The van der Waals surface area contributed by atoms with Crippen molar-refractivity contribution in [3.05, 3.63) is 53.5 Å². The van der Waals surface area contributed by atoms with Crippen molar-refractivity contribution in [3.8, 4) is 5.75 Å². The summed E-state index contributed by atoms with van der Waals surface area (Å²) in [6, 6.07) is 13.0. The lowest BCUT2D eigenvalue weighted by molar-refractivity contribution is 0.0992. The van der Waals surface area contributed by atoms with Gasteiger partial charge in [0.05, 0.1) is 28.5 Å². The molecule has 0 radical (unpaired) electrons. The van der Waals surface area contributed by atoms with Gasteiger partial charge < -0.3 is 9.64 Å². The van der Waals surface area contributed by atoms with Gasteiger partial charge >= 0.3 is 0 Å². The second-order valence-corrected chi connectivity index (χ2v) is 5.46. The highest BCUT2D eigenvalue weighted by Gasteiger charge is 2.17. The van der Waals surface area contributed by atoms with Crippen LogP contribution >= 0.6 is 11.3 Å². The van der Waals surface area contributed by atoms with E-state index in [1.807, 2.05) is 36.4 Å². The highest BCUT2D eigenvalue weighted by Crippen LogP contribution is 2.28. The number of amides is 1. The van der Waals surface area contributed by atoms with Gasteiger partial charge in [0, 0.05) is 12.6 Å². The normalized spacial score (nSPS) is 10.6. The first-order valence-corrected chi connectivity index (χ1v) is 7.33. The molecule has 4 nitrogen and oxygen atoms in total. The minimum atomic E-state index is -0.0743. The number of hydrogen-bond donors (Lipinski definition) is 0. The summed E-state index contributed by atoms with van der Waals surface area (Å²) < 4.78 is 6.32. The fraction of sp³-hybridized carbons (Fsp3) is 0.125. The molecule has 0 aliphatic rings. The summed E-state index contributed by atoms with van der Waals surface area (Å²) in [7, 11) is 3.34. The summed E-state index contributed by atoms with van der Waals surface area (Å²) in [6.45, 7) is 0. The van der Waals surface area contributed by atoms with Crippen LogP contribution in [-0.4, -0.2) is 25.0 Å². The Labute approximate surface area is 126 Å². The molecule has 2 aromatic carbocycles. The van der Waals surface area contributed by atoms with Gasteiger partial charge in [-0.25, -0.2) is 4.98 Å². The first-order chi connectivity index (χ1) is 10.2. The summed E-state index contributed by atoms with van der Waals surface area (Å²) in [5.41, 5.74) is 4.08. The monoisotopic (exact) mass is 298 g/mol. The van der Waals surface area contributed by atoms with Gasteiger partial charge in [-0.15, -0.1) is 11.3 Å². The fourth-order valence-electron chi connectivity index (χ4n) is 2.20. The average Bonchev–Trinajstić information content (AvgIpc) is 3.00. The quantitative estimate of drug-likeness (QED) is 0.742. The van der Waals surface area contributed by atoms with Crippen molar-refractivity contribution in [1.82, 2.24) is 4.98 Å². The number of para-hydroxylation sites is 2. The van der Waals surface area contributed by atoms with E-state index >= 15 is 0 Å². The van der Waals surface area contributed by atoms with Crippen LogP contribution in [0, 0.1) is 0 Å². The van der Waals surface area contributed by atoms with Gasteiger partial charge in [0.15, 0.2) is 0 Å². The van der Waals surface area contributed by atoms with E-state index in [0.29, 0.717) is 11.3 Å². The Morgan fingerprint density at radius 1 is 1.24 bits per heavy atom. The minimum absolute atomic E-state index is 0.0743. The van der Waals surface area contributed by atoms with Crippen molar-refractivity contribution in [2.75, 3.05) is 19.1 Å². The fourth-order valence-corrected chi connectivity index (χ4v) is 2.91. The third kappa shape index (κ3) is 2.48. The van der Waals surface area contributed by atoms with Crippen LogP contribution in [0.5, 0.6) is 5.75 Å². The van der Waals surface area contributed by atoms with Crippen molar-refractivity contribution >= 4 is 33.1 Å². The smallest absolute Gasteiger partial charge is 0.258 e. The van der Waals surface area contributed by atoms with Gasteiger partial charge in [-0.3, -0.25) is 4.79 Å². The number of fused-ring (bicyclic) bond motifs is 1. The lowest BCUT2D eigenvalue weighted by atomic mass is 10.1. The zero-order valence-corrected chi connectivity index (χ0v) is 12.6. The van der Waals surface area contributed by atoms with Gasteiger partial charge in [0.1, 0.15) is 5.75 Å². The molecule has 0 saturated carbocycles. The van der Waals surface area contributed by atoms with Crippen LogP contribution in [0.1, 0.15) is 10.4 Å². The number of nitrogens with zero attached hydrogens (tertiary/aromatic N) is 2. The second-order valence-electron chi connectivity index (χ2n) is 4.57. The lowest BCUT2D eigenvalue weighted by Crippen LogP contribution is -2.26. The Balaban J connectivity index is 1.96. The number of rotatable bonds is 3. The van der Waals surface area contributed by atoms with Crippen LogP contribution < -0.4 is 9.64 Å². The van der Waals surface area contributed by atoms with Crippen molar-refractivity contribution in [2.24, 2.45) is 0 Å². The van der Waals surface area contributed by atoms with E-state index in [2.05, 4.69) is 4.98 Å². The maximum atomic E-state index is 12.6. The van der Waals surface area contributed by atoms with Crippen LogP contribution in [-0.2, 0) is 0 Å². The van der Waals surface area contributed by atoms with E-state index in [1.54, 1.807) is 30.6 Å². The number of anilines is 1. The number of methoxy groups -OCH3 is 1. The number of carbonyl (C=O) groups is 1. The second kappa shape index (κ2) is 5.54. The Hall–Kier alpha value is -2.40. The SMILES string of the molecule is COc1ccccc1N(C)C(=O)c1ccc2ncsc2c1. The van der Waals surface area contributed by atoms with Crippen LogP contribution in [0.3, 0.4) is 0 Å². The summed E-state index contributed by atoms with van der Waals surface area (Å²) in [5.74, 6) is 0.599. The molecule has 0 spiro atoms. The van der Waals surface area contributed by atoms with Gasteiger partial charge in [0.25, 0.3) is 5.91 Å². The lowest BCUT2D eigenvalue weighted by Gasteiger charge is -2.19. The van der Waals surface area contributed by atoms with E-state index in [0.717, 1.165) is 15.9 Å². The van der Waals surface area contributed by atoms with Gasteiger partial charge in [-0.05, 0) is 30.3 Å². The number of benzene rings is 2. The van der Waals surface area contributed by atoms with Gasteiger partial charge in [-0.1, -0.05) is 12.1 Å². The molecular formula is C16H14N2O2S. The van der Waals surface area contributed by atoms with Crippen LogP contribution in [0.4, 0.5) is 5.69 Å². The molecule has 3 rings (SSSR count). The van der Waals surface area contributed by atoms with E-state index in [9.17, 15) is 4.79 Å². The Bertz CT molecular complexity index is 798. The van der Waals surface area contributed by atoms with Gasteiger partial charge in [0.2, 0.25) is 0 Å². The van der Waals surface area contributed by atoms with Crippen LogP contribution in [0.15, 0.2) is 48.0 Å². The first-order valence-electron chi connectivity index (χ1n) is 6.45. The summed E-state index contributed by atoms with van der Waals surface area (Å²) >= 11 is 1.53. The molecule has 0 saturated heterocycles. The summed E-state index contributed by atoms with van der Waals surface area (Å²) in [5, 5.41) is 0. The highest BCUT2D eigenvalue weighted by atomic mass is 32.1. The third-order valence-corrected chi connectivity index (χ3v) is 4.12. The van der Waals surface area contributed by atoms with Crippen molar-refractivity contribution in [3.63, 3.8) is 0 Å². The summed E-state index contributed by atoms with van der Waals surface area (Å²) in [6.07, 6.45) is 0. The molecule has 106 valence electrons. The largest absolute Gasteiger partial charge is 0.495 e. The minimum Gasteiger partial charge on any atom is -0.495 e. The number of thiazole rings is 1. The maximum absolute atomic E-state index is 12.6. The van der Waals surface area contributed by atoms with E-state index < -0.39 is 0 Å². The zero-order valence-electron chi connectivity index (χ0n) is 11.7. The molecule has 0 bridgehead atoms. The third-order valence-electron chi connectivity index (χ3n) is 3.33. The van der Waals surface area contributed by atoms with E-state index in [-0.39, 0.29) is 5.91 Å². The molecule has 0 atom stereocenters. The van der Waals surface area contributed by atoms with E-state index in [1.165, 1.54) is 11.3 Å². The molecule has 21 heavy (non-hydrogen) atoms. The molecule has 0 fully saturated rings. The van der Waals surface area contributed by atoms with Crippen molar-refractivity contribution in [1.29, 1.82) is 0 Å². The highest BCUT2D eigenvalue weighted by molar-refractivity contribution is 7.16. The van der Waals surface area contributed by atoms with Crippen molar-refractivity contribution < 1.29 is 9.53 Å². The van der Waals surface area contributed by atoms with E-state index in [4.69, 9.17) is 4.74 Å². The molecule has 0 N–H and O–H groups in total.